The Bertz CT molecular complexity index is 1200. The SMILES string of the molecule is CCCCc1nc(Cl)c(/C=C/C(=O)c2ccc3oc4ccccc4c3c2)n1C. The van der Waals surface area contributed by atoms with Crippen LogP contribution in [0.2, 0.25) is 5.15 Å². The molecule has 0 amide bonds. The Morgan fingerprint density at radius 3 is 2.79 bits per heavy atom. The van der Waals surface area contributed by atoms with Crippen molar-refractivity contribution in [2.45, 2.75) is 26.2 Å². The van der Waals surface area contributed by atoms with Crippen molar-refractivity contribution in [3.05, 3.63) is 70.8 Å². The van der Waals surface area contributed by atoms with Crippen molar-refractivity contribution in [1.29, 1.82) is 0 Å². The van der Waals surface area contributed by atoms with Gasteiger partial charge >= 0.3 is 0 Å². The second-order valence-corrected chi connectivity index (χ2v) is 7.23. The molecule has 0 spiro atoms. The highest BCUT2D eigenvalue weighted by Crippen LogP contribution is 2.29. The third-order valence-corrected chi connectivity index (χ3v) is 5.27. The van der Waals surface area contributed by atoms with Crippen molar-refractivity contribution in [3.63, 3.8) is 0 Å². The maximum absolute atomic E-state index is 12.7. The summed E-state index contributed by atoms with van der Waals surface area (Å²) in [5.74, 6) is 0.852. The zero-order valence-electron chi connectivity index (χ0n) is 15.9. The number of hydrogen-bond acceptors (Lipinski definition) is 3. The van der Waals surface area contributed by atoms with Crippen molar-refractivity contribution in [2.75, 3.05) is 0 Å². The molecule has 0 fully saturated rings. The van der Waals surface area contributed by atoms with Crippen LogP contribution in [0, 0.1) is 0 Å². The van der Waals surface area contributed by atoms with Crippen LogP contribution >= 0.6 is 11.6 Å². The molecule has 0 aliphatic carbocycles. The lowest BCUT2D eigenvalue weighted by molar-refractivity contribution is 0.104. The zero-order chi connectivity index (χ0) is 19.7. The number of carbonyl (C=O) groups excluding carboxylic acids is 1. The van der Waals surface area contributed by atoms with Crippen molar-refractivity contribution >= 4 is 45.4 Å². The minimum absolute atomic E-state index is 0.0837. The molecule has 28 heavy (non-hydrogen) atoms. The van der Waals surface area contributed by atoms with Gasteiger partial charge in [0.05, 0.1) is 5.69 Å². The number of aryl methyl sites for hydroxylation is 1. The smallest absolute Gasteiger partial charge is 0.185 e. The van der Waals surface area contributed by atoms with Gasteiger partial charge in [-0.2, -0.15) is 0 Å². The minimum Gasteiger partial charge on any atom is -0.456 e. The van der Waals surface area contributed by atoms with Crippen LogP contribution in [0.1, 0.15) is 41.6 Å². The lowest BCUT2D eigenvalue weighted by atomic mass is 10.1. The van der Waals surface area contributed by atoms with Crippen molar-refractivity contribution < 1.29 is 9.21 Å². The molecule has 0 bridgehead atoms. The molecule has 0 aliphatic heterocycles. The van der Waals surface area contributed by atoms with Crippen LogP contribution in [0.5, 0.6) is 0 Å². The topological polar surface area (TPSA) is 48.0 Å². The summed E-state index contributed by atoms with van der Waals surface area (Å²) in [5.41, 5.74) is 2.95. The molecular weight excluding hydrogens is 372 g/mol. The summed E-state index contributed by atoms with van der Waals surface area (Å²) in [6.07, 6.45) is 6.32. The fraction of sp³-hybridized carbons (Fsp3) is 0.217. The van der Waals surface area contributed by atoms with Crippen LogP contribution in [0.4, 0.5) is 0 Å². The number of furan rings is 1. The number of aromatic nitrogens is 2. The van der Waals surface area contributed by atoms with E-state index in [4.69, 9.17) is 16.0 Å². The summed E-state index contributed by atoms with van der Waals surface area (Å²) in [5, 5.41) is 2.37. The standard InChI is InChI=1S/C23H21ClN2O2/c1-3-4-9-22-25-23(24)18(26(22)2)11-12-19(27)15-10-13-21-17(14-15)16-7-5-6-8-20(16)28-21/h5-8,10-14H,3-4,9H2,1-2H3/b12-11+. The van der Waals surface area contributed by atoms with Gasteiger partial charge in [0.1, 0.15) is 17.0 Å². The molecule has 0 aliphatic rings. The third kappa shape index (κ3) is 3.36. The number of para-hydroxylation sites is 1. The van der Waals surface area contributed by atoms with E-state index in [1.54, 1.807) is 18.2 Å². The first kappa shape index (κ1) is 18.5. The molecule has 142 valence electrons. The van der Waals surface area contributed by atoms with Gasteiger partial charge in [-0.25, -0.2) is 4.98 Å². The molecule has 2 aromatic carbocycles. The van der Waals surface area contributed by atoms with Gasteiger partial charge in [0.25, 0.3) is 0 Å². The number of nitrogens with zero attached hydrogens (tertiary/aromatic N) is 2. The highest BCUT2D eigenvalue weighted by Gasteiger charge is 2.12. The first-order chi connectivity index (χ1) is 13.6. The Balaban J connectivity index is 1.63. The van der Waals surface area contributed by atoms with Crippen molar-refractivity contribution in [1.82, 2.24) is 9.55 Å². The van der Waals surface area contributed by atoms with E-state index >= 15 is 0 Å². The largest absolute Gasteiger partial charge is 0.456 e. The van der Waals surface area contributed by atoms with E-state index in [1.807, 2.05) is 48.0 Å². The minimum atomic E-state index is -0.0837. The molecule has 0 saturated heterocycles. The van der Waals surface area contributed by atoms with Gasteiger partial charge < -0.3 is 8.98 Å². The van der Waals surface area contributed by atoms with Gasteiger partial charge in [-0.15, -0.1) is 0 Å². The maximum Gasteiger partial charge on any atom is 0.185 e. The summed E-state index contributed by atoms with van der Waals surface area (Å²) >= 11 is 6.28. The fourth-order valence-electron chi connectivity index (χ4n) is 3.39. The van der Waals surface area contributed by atoms with E-state index < -0.39 is 0 Å². The van der Waals surface area contributed by atoms with Gasteiger partial charge in [0, 0.05) is 29.8 Å². The molecule has 4 aromatic rings. The van der Waals surface area contributed by atoms with Crippen molar-refractivity contribution in [2.24, 2.45) is 7.05 Å². The predicted molar refractivity (Wildman–Crippen MR) is 114 cm³/mol. The summed E-state index contributed by atoms with van der Waals surface area (Å²) in [4.78, 5) is 17.2. The van der Waals surface area contributed by atoms with E-state index in [-0.39, 0.29) is 5.78 Å². The normalized spacial score (nSPS) is 11.8. The zero-order valence-corrected chi connectivity index (χ0v) is 16.7. The number of ketones is 1. The first-order valence-electron chi connectivity index (χ1n) is 9.43. The summed E-state index contributed by atoms with van der Waals surface area (Å²) < 4.78 is 7.78. The highest BCUT2D eigenvalue weighted by molar-refractivity contribution is 6.31. The summed E-state index contributed by atoms with van der Waals surface area (Å²) in [7, 11) is 1.93. The Morgan fingerprint density at radius 1 is 1.18 bits per heavy atom. The summed E-state index contributed by atoms with van der Waals surface area (Å²) in [6, 6.07) is 13.3. The fourth-order valence-corrected chi connectivity index (χ4v) is 3.68. The average molecular weight is 393 g/mol. The molecule has 0 N–H and O–H groups in total. The summed E-state index contributed by atoms with van der Waals surface area (Å²) in [6.45, 7) is 2.14. The maximum atomic E-state index is 12.7. The van der Waals surface area contributed by atoms with E-state index in [0.717, 1.165) is 52.7 Å². The second-order valence-electron chi connectivity index (χ2n) is 6.87. The quantitative estimate of drug-likeness (QED) is 0.289. The number of allylic oxidation sites excluding steroid dienone is 1. The number of hydrogen-bond donors (Lipinski definition) is 0. The number of fused-ring (bicyclic) bond motifs is 3. The second kappa shape index (κ2) is 7.64. The van der Waals surface area contributed by atoms with Crippen LogP contribution < -0.4 is 0 Å². The van der Waals surface area contributed by atoms with Gasteiger partial charge in [-0.05, 0) is 42.8 Å². The first-order valence-corrected chi connectivity index (χ1v) is 9.81. The Labute approximate surface area is 168 Å². The number of imidazole rings is 1. The van der Waals surface area contributed by atoms with Crippen LogP contribution in [0.15, 0.2) is 53.0 Å². The molecule has 0 unspecified atom stereocenters. The number of carbonyl (C=O) groups is 1. The third-order valence-electron chi connectivity index (χ3n) is 4.99. The van der Waals surface area contributed by atoms with E-state index in [1.165, 1.54) is 0 Å². The van der Waals surface area contributed by atoms with Gasteiger partial charge in [0.15, 0.2) is 10.9 Å². The Morgan fingerprint density at radius 2 is 1.96 bits per heavy atom. The van der Waals surface area contributed by atoms with Crippen molar-refractivity contribution in [3.8, 4) is 0 Å². The van der Waals surface area contributed by atoms with E-state index in [2.05, 4.69) is 11.9 Å². The molecular formula is C23H21ClN2O2. The number of rotatable bonds is 6. The predicted octanol–water partition coefficient (Wildman–Crippen LogP) is 6.21. The number of halogens is 1. The van der Waals surface area contributed by atoms with Crippen LogP contribution in [-0.4, -0.2) is 15.3 Å². The monoisotopic (exact) mass is 392 g/mol. The van der Waals surface area contributed by atoms with Crippen LogP contribution in [0.3, 0.4) is 0 Å². The van der Waals surface area contributed by atoms with Crippen LogP contribution in [-0.2, 0) is 13.5 Å². The molecule has 0 atom stereocenters. The molecule has 0 radical (unpaired) electrons. The number of unbranched alkanes of at least 4 members (excludes halogenated alkanes) is 1. The van der Waals surface area contributed by atoms with Crippen LogP contribution in [0.25, 0.3) is 28.0 Å². The Kier molecular flexibility index (Phi) is 5.05. The lowest BCUT2D eigenvalue weighted by Crippen LogP contribution is -2.00. The molecule has 5 heteroatoms. The molecule has 0 saturated carbocycles. The number of benzene rings is 2. The van der Waals surface area contributed by atoms with E-state index in [0.29, 0.717) is 10.7 Å². The van der Waals surface area contributed by atoms with Gasteiger partial charge in [-0.3, -0.25) is 4.79 Å². The Hall–Kier alpha value is -2.85. The molecule has 2 heterocycles. The molecule has 4 rings (SSSR count). The van der Waals surface area contributed by atoms with Gasteiger partial charge in [-0.1, -0.05) is 43.1 Å². The van der Waals surface area contributed by atoms with Gasteiger partial charge in [0.2, 0.25) is 0 Å². The molecule has 4 nitrogen and oxygen atoms in total. The van der Waals surface area contributed by atoms with E-state index in [9.17, 15) is 4.79 Å². The average Bonchev–Trinajstić information content (AvgIpc) is 3.21. The highest BCUT2D eigenvalue weighted by atomic mass is 35.5. The molecule has 2 aromatic heterocycles. The lowest BCUT2D eigenvalue weighted by Gasteiger charge is -2.02.